The summed E-state index contributed by atoms with van der Waals surface area (Å²) in [6.07, 6.45) is -3.19. The normalized spacial score (nSPS) is 11.7. The summed E-state index contributed by atoms with van der Waals surface area (Å²) in [4.78, 5) is 29.1. The van der Waals surface area contributed by atoms with Crippen LogP contribution in [0.1, 0.15) is 26.4 Å². The van der Waals surface area contributed by atoms with Gasteiger partial charge in [-0.05, 0) is 18.6 Å². The highest BCUT2D eigenvalue weighted by molar-refractivity contribution is 7.20. The maximum atomic E-state index is 13.0. The van der Waals surface area contributed by atoms with Crippen LogP contribution in [-0.4, -0.2) is 15.5 Å². The first-order valence-corrected chi connectivity index (χ1v) is 8.28. The van der Waals surface area contributed by atoms with E-state index in [1.165, 1.54) is 36.1 Å². The fraction of sp³-hybridized carbons (Fsp3) is 0.235. The monoisotopic (exact) mass is 382 g/mol. The van der Waals surface area contributed by atoms with E-state index in [0.29, 0.717) is 15.8 Å². The van der Waals surface area contributed by atoms with Gasteiger partial charge in [-0.15, -0.1) is 11.3 Å². The van der Waals surface area contributed by atoms with Crippen LogP contribution in [0, 0.1) is 6.92 Å². The second-order valence-electron chi connectivity index (χ2n) is 5.63. The van der Waals surface area contributed by atoms with E-state index in [2.05, 4.69) is 4.98 Å². The van der Waals surface area contributed by atoms with Gasteiger partial charge >= 0.3 is 12.1 Å². The first-order valence-electron chi connectivity index (χ1n) is 7.47. The van der Waals surface area contributed by atoms with Crippen LogP contribution in [0.5, 0.6) is 0 Å². The molecule has 0 N–H and O–H groups in total. The smallest absolute Gasteiger partial charge is 0.416 e. The summed E-state index contributed by atoms with van der Waals surface area (Å²) in [5.74, 6) is -0.787. The number of carbonyl (C=O) groups is 1. The Morgan fingerprint density at radius 2 is 2.00 bits per heavy atom. The maximum Gasteiger partial charge on any atom is 0.416 e. The van der Waals surface area contributed by atoms with Crippen LogP contribution in [-0.2, 0) is 24.6 Å². The molecule has 0 radical (unpaired) electrons. The number of benzene rings is 1. The summed E-state index contributed by atoms with van der Waals surface area (Å²) < 4.78 is 45.3. The van der Waals surface area contributed by atoms with Crippen LogP contribution in [0.15, 0.2) is 35.4 Å². The molecule has 0 amide bonds. The molecule has 0 bridgehead atoms. The Balaban J connectivity index is 1.89. The molecule has 0 aliphatic carbocycles. The molecule has 136 valence electrons. The van der Waals surface area contributed by atoms with Crippen LogP contribution in [0.4, 0.5) is 13.2 Å². The van der Waals surface area contributed by atoms with Gasteiger partial charge in [0.15, 0.2) is 0 Å². The van der Waals surface area contributed by atoms with E-state index in [4.69, 9.17) is 4.74 Å². The van der Waals surface area contributed by atoms with Crippen LogP contribution in [0.3, 0.4) is 0 Å². The first-order chi connectivity index (χ1) is 12.2. The van der Waals surface area contributed by atoms with E-state index in [-0.39, 0.29) is 16.0 Å². The van der Waals surface area contributed by atoms with E-state index in [0.717, 1.165) is 17.4 Å². The minimum atomic E-state index is -4.54. The number of esters is 1. The third-order valence-electron chi connectivity index (χ3n) is 3.88. The van der Waals surface area contributed by atoms with Gasteiger partial charge in [0.2, 0.25) is 0 Å². The van der Waals surface area contributed by atoms with Gasteiger partial charge in [0.25, 0.3) is 5.56 Å². The molecule has 2 aromatic heterocycles. The number of hydrogen-bond donors (Lipinski definition) is 0. The molecule has 9 heteroatoms. The molecule has 5 nitrogen and oxygen atoms in total. The summed E-state index contributed by atoms with van der Waals surface area (Å²) in [5.41, 5.74) is -0.879. The summed E-state index contributed by atoms with van der Waals surface area (Å²) in [7, 11) is 1.54. The number of halogens is 3. The lowest BCUT2D eigenvalue weighted by molar-refractivity contribution is -0.138. The number of ether oxygens (including phenoxy) is 1. The van der Waals surface area contributed by atoms with Crippen LogP contribution >= 0.6 is 11.3 Å². The maximum absolute atomic E-state index is 13.0. The van der Waals surface area contributed by atoms with Gasteiger partial charge < -0.3 is 9.30 Å². The molecule has 2 heterocycles. The Hall–Kier alpha value is -2.68. The summed E-state index contributed by atoms with van der Waals surface area (Å²) >= 11 is 0.979. The molecule has 3 rings (SSSR count). The van der Waals surface area contributed by atoms with E-state index in [1.54, 1.807) is 6.92 Å². The van der Waals surface area contributed by atoms with E-state index in [9.17, 15) is 22.8 Å². The zero-order valence-electron chi connectivity index (χ0n) is 13.8. The predicted molar refractivity (Wildman–Crippen MR) is 90.2 cm³/mol. The van der Waals surface area contributed by atoms with Crippen molar-refractivity contribution >= 4 is 27.5 Å². The Labute approximate surface area is 149 Å². The van der Waals surface area contributed by atoms with Gasteiger partial charge in [0.1, 0.15) is 16.3 Å². The van der Waals surface area contributed by atoms with E-state index in [1.807, 2.05) is 0 Å². The molecule has 0 spiro atoms. The van der Waals surface area contributed by atoms with Crippen LogP contribution in [0.25, 0.3) is 10.2 Å². The van der Waals surface area contributed by atoms with Crippen LogP contribution in [0.2, 0.25) is 0 Å². The number of rotatable bonds is 3. The second-order valence-corrected chi connectivity index (χ2v) is 6.63. The molecule has 0 aliphatic heterocycles. The largest absolute Gasteiger partial charge is 0.457 e. The topological polar surface area (TPSA) is 61.2 Å². The number of carbonyl (C=O) groups excluding carboxylic acids is 1. The third-order valence-corrected chi connectivity index (χ3v) is 5.06. The van der Waals surface area contributed by atoms with Crippen molar-refractivity contribution < 1.29 is 22.7 Å². The van der Waals surface area contributed by atoms with Crippen molar-refractivity contribution in [2.75, 3.05) is 0 Å². The summed E-state index contributed by atoms with van der Waals surface area (Å²) in [6.45, 7) is 1.07. The number of fused-ring (bicyclic) bond motifs is 1. The van der Waals surface area contributed by atoms with Crippen molar-refractivity contribution in [3.05, 3.63) is 62.5 Å². The molecule has 0 saturated heterocycles. The van der Waals surface area contributed by atoms with Gasteiger partial charge in [0.05, 0.1) is 17.3 Å². The highest BCUT2D eigenvalue weighted by Gasteiger charge is 2.33. The van der Waals surface area contributed by atoms with Gasteiger partial charge in [0, 0.05) is 12.6 Å². The number of aryl methyl sites for hydroxylation is 2. The fourth-order valence-electron chi connectivity index (χ4n) is 2.54. The molecule has 1 aromatic carbocycles. The van der Waals surface area contributed by atoms with Gasteiger partial charge in [-0.2, -0.15) is 13.2 Å². The van der Waals surface area contributed by atoms with E-state index < -0.39 is 24.3 Å². The zero-order valence-corrected chi connectivity index (χ0v) is 14.6. The molecular formula is C17H13F3N2O3S. The lowest BCUT2D eigenvalue weighted by Gasteiger charge is -2.12. The highest BCUT2D eigenvalue weighted by atomic mass is 32.1. The Bertz CT molecular complexity index is 1050. The van der Waals surface area contributed by atoms with Crippen LogP contribution < -0.4 is 5.56 Å². The highest BCUT2D eigenvalue weighted by Crippen LogP contribution is 2.33. The Kier molecular flexibility index (Phi) is 4.57. The molecule has 0 saturated carbocycles. The quantitative estimate of drug-likeness (QED) is 0.649. The number of nitrogens with zero attached hydrogens (tertiary/aromatic N) is 2. The lowest BCUT2D eigenvalue weighted by Crippen LogP contribution is -2.16. The molecule has 0 aliphatic rings. The average Bonchev–Trinajstić information content (AvgIpc) is 2.93. The summed E-state index contributed by atoms with van der Waals surface area (Å²) in [6, 6.07) is 4.90. The second kappa shape index (κ2) is 6.56. The predicted octanol–water partition coefficient (Wildman–Crippen LogP) is 3.68. The molecule has 0 atom stereocenters. The fourth-order valence-corrected chi connectivity index (χ4v) is 3.57. The summed E-state index contributed by atoms with van der Waals surface area (Å²) in [5, 5.41) is 0.308. The number of aromatic nitrogens is 2. The number of alkyl halides is 3. The standard InChI is InChI=1S/C17H13F3N2O3S/c1-9-12-14(21-8-22(2)15(12)23)26-13(9)16(24)25-7-10-5-3-4-6-11(10)17(18,19)20/h3-6,8H,7H2,1-2H3. The van der Waals surface area contributed by atoms with E-state index >= 15 is 0 Å². The Morgan fingerprint density at radius 1 is 1.31 bits per heavy atom. The van der Waals surface area contributed by atoms with Crippen molar-refractivity contribution in [1.82, 2.24) is 9.55 Å². The zero-order chi connectivity index (χ0) is 19.1. The van der Waals surface area contributed by atoms with Gasteiger partial charge in [-0.25, -0.2) is 9.78 Å². The Morgan fingerprint density at radius 3 is 2.69 bits per heavy atom. The SMILES string of the molecule is Cc1c(C(=O)OCc2ccccc2C(F)(F)F)sc2ncn(C)c(=O)c12. The minimum absolute atomic E-state index is 0.138. The minimum Gasteiger partial charge on any atom is -0.457 e. The number of thiophene rings is 1. The van der Waals surface area contributed by atoms with Crippen molar-refractivity contribution in [2.24, 2.45) is 7.05 Å². The number of hydrogen-bond acceptors (Lipinski definition) is 5. The first kappa shape index (κ1) is 18.1. The third kappa shape index (κ3) is 3.22. The molecule has 3 aromatic rings. The molecular weight excluding hydrogens is 369 g/mol. The molecule has 0 unspecified atom stereocenters. The van der Waals surface area contributed by atoms with Gasteiger partial charge in [-0.1, -0.05) is 18.2 Å². The van der Waals surface area contributed by atoms with Crippen molar-refractivity contribution in [3.8, 4) is 0 Å². The van der Waals surface area contributed by atoms with Crippen molar-refractivity contribution in [1.29, 1.82) is 0 Å². The lowest BCUT2D eigenvalue weighted by atomic mass is 10.1. The van der Waals surface area contributed by atoms with Gasteiger partial charge in [-0.3, -0.25) is 4.79 Å². The molecule has 0 fully saturated rings. The van der Waals surface area contributed by atoms with Crippen molar-refractivity contribution in [2.45, 2.75) is 19.7 Å². The average molecular weight is 382 g/mol. The molecule has 26 heavy (non-hydrogen) atoms. The van der Waals surface area contributed by atoms with Crippen molar-refractivity contribution in [3.63, 3.8) is 0 Å².